The van der Waals surface area contributed by atoms with Gasteiger partial charge in [0.05, 0.1) is 0 Å². The van der Waals surface area contributed by atoms with E-state index in [4.69, 9.17) is 0 Å². The van der Waals surface area contributed by atoms with E-state index in [0.717, 1.165) is 12.5 Å². The lowest BCUT2D eigenvalue weighted by molar-refractivity contribution is 0.157. The zero-order valence-corrected chi connectivity index (χ0v) is 12.6. The molecular formula is C14H31N3. The minimum Gasteiger partial charge on any atom is -0.312 e. The molecular weight excluding hydrogens is 210 g/mol. The predicted octanol–water partition coefficient (Wildman–Crippen LogP) is 1.65. The first kappa shape index (κ1) is 14.9. The maximum atomic E-state index is 3.73. The van der Waals surface area contributed by atoms with Gasteiger partial charge in [-0.2, -0.15) is 0 Å². The molecule has 1 heterocycles. The van der Waals surface area contributed by atoms with Gasteiger partial charge in [0, 0.05) is 18.1 Å². The fourth-order valence-electron chi connectivity index (χ4n) is 2.26. The van der Waals surface area contributed by atoms with E-state index in [1.54, 1.807) is 0 Å². The van der Waals surface area contributed by atoms with Gasteiger partial charge in [0.25, 0.3) is 0 Å². The molecule has 0 aliphatic carbocycles. The minimum absolute atomic E-state index is 0.236. The molecule has 17 heavy (non-hydrogen) atoms. The van der Waals surface area contributed by atoms with E-state index in [1.807, 2.05) is 0 Å². The molecule has 0 saturated carbocycles. The van der Waals surface area contributed by atoms with Gasteiger partial charge in [-0.1, -0.05) is 0 Å². The standard InChI is InChI=1S/C14H31N3/c1-12(13-7-9-17(6)10-8-13)15-11-14(2,3)16(4)5/h12-13,15H,7-11H2,1-6H3. The number of likely N-dealkylation sites (tertiary alicyclic amines) is 1. The predicted molar refractivity (Wildman–Crippen MR) is 75.5 cm³/mol. The molecule has 1 unspecified atom stereocenters. The monoisotopic (exact) mass is 241 g/mol. The maximum Gasteiger partial charge on any atom is 0.0271 e. The van der Waals surface area contributed by atoms with Crippen molar-refractivity contribution >= 4 is 0 Å². The van der Waals surface area contributed by atoms with Gasteiger partial charge < -0.3 is 15.1 Å². The summed E-state index contributed by atoms with van der Waals surface area (Å²) in [6.45, 7) is 10.5. The minimum atomic E-state index is 0.236. The van der Waals surface area contributed by atoms with Crippen LogP contribution >= 0.6 is 0 Å². The van der Waals surface area contributed by atoms with Gasteiger partial charge in [0.15, 0.2) is 0 Å². The lowest BCUT2D eigenvalue weighted by Gasteiger charge is -2.37. The summed E-state index contributed by atoms with van der Waals surface area (Å²) in [5.74, 6) is 0.851. The van der Waals surface area contributed by atoms with Gasteiger partial charge in [0.1, 0.15) is 0 Å². The molecule has 0 spiro atoms. The normalized spacial score (nSPS) is 22.1. The second-order valence-corrected chi connectivity index (χ2v) is 6.52. The summed E-state index contributed by atoms with van der Waals surface area (Å²) >= 11 is 0. The Morgan fingerprint density at radius 3 is 2.29 bits per heavy atom. The van der Waals surface area contributed by atoms with E-state index < -0.39 is 0 Å². The molecule has 3 nitrogen and oxygen atoms in total. The highest BCUT2D eigenvalue weighted by Crippen LogP contribution is 2.20. The van der Waals surface area contributed by atoms with Crippen molar-refractivity contribution in [2.45, 2.75) is 45.2 Å². The molecule has 3 heteroatoms. The fraction of sp³-hybridized carbons (Fsp3) is 1.00. The molecule has 1 rings (SSSR count). The molecule has 0 bridgehead atoms. The Morgan fingerprint density at radius 2 is 1.82 bits per heavy atom. The van der Waals surface area contributed by atoms with E-state index in [2.05, 4.69) is 57.0 Å². The van der Waals surface area contributed by atoms with Crippen LogP contribution in [0.5, 0.6) is 0 Å². The van der Waals surface area contributed by atoms with E-state index in [1.165, 1.54) is 25.9 Å². The van der Waals surface area contributed by atoms with E-state index in [-0.39, 0.29) is 5.54 Å². The zero-order chi connectivity index (χ0) is 13.1. The lowest BCUT2D eigenvalue weighted by Crippen LogP contribution is -2.51. The first-order valence-corrected chi connectivity index (χ1v) is 6.92. The molecule has 1 aliphatic rings. The van der Waals surface area contributed by atoms with E-state index >= 15 is 0 Å². The molecule has 0 aromatic carbocycles. The molecule has 0 radical (unpaired) electrons. The third-order valence-electron chi connectivity index (χ3n) is 4.54. The van der Waals surface area contributed by atoms with Gasteiger partial charge in [0.2, 0.25) is 0 Å². The van der Waals surface area contributed by atoms with Crippen LogP contribution in [0.25, 0.3) is 0 Å². The molecule has 0 aromatic heterocycles. The summed E-state index contributed by atoms with van der Waals surface area (Å²) in [5, 5.41) is 3.73. The van der Waals surface area contributed by atoms with Crippen molar-refractivity contribution in [1.82, 2.24) is 15.1 Å². The Labute approximate surface area is 108 Å². The van der Waals surface area contributed by atoms with Gasteiger partial charge in [-0.15, -0.1) is 0 Å². The first-order valence-electron chi connectivity index (χ1n) is 6.92. The molecule has 1 fully saturated rings. The lowest BCUT2D eigenvalue weighted by atomic mass is 9.90. The number of nitrogens with one attached hydrogen (secondary N) is 1. The molecule has 102 valence electrons. The van der Waals surface area contributed by atoms with Gasteiger partial charge in [-0.3, -0.25) is 0 Å². The Morgan fingerprint density at radius 1 is 1.29 bits per heavy atom. The first-order chi connectivity index (χ1) is 7.83. The van der Waals surface area contributed by atoms with Crippen LogP contribution in [0.2, 0.25) is 0 Å². The third-order valence-corrected chi connectivity index (χ3v) is 4.54. The second kappa shape index (κ2) is 6.17. The summed E-state index contributed by atoms with van der Waals surface area (Å²) in [6, 6.07) is 0.642. The smallest absolute Gasteiger partial charge is 0.0271 e. The number of hydrogen-bond acceptors (Lipinski definition) is 3. The summed E-state index contributed by atoms with van der Waals surface area (Å²) < 4.78 is 0. The van der Waals surface area contributed by atoms with Gasteiger partial charge >= 0.3 is 0 Å². The Hall–Kier alpha value is -0.120. The van der Waals surface area contributed by atoms with Crippen molar-refractivity contribution in [3.05, 3.63) is 0 Å². The van der Waals surface area contributed by atoms with Crippen LogP contribution in [0.15, 0.2) is 0 Å². The van der Waals surface area contributed by atoms with Gasteiger partial charge in [-0.05, 0) is 73.8 Å². The Kier molecular flexibility index (Phi) is 5.42. The molecule has 1 saturated heterocycles. The van der Waals surface area contributed by atoms with E-state index in [0.29, 0.717) is 6.04 Å². The van der Waals surface area contributed by atoms with Crippen LogP contribution < -0.4 is 5.32 Å². The average molecular weight is 241 g/mol. The van der Waals surface area contributed by atoms with Crippen molar-refractivity contribution in [1.29, 1.82) is 0 Å². The van der Waals surface area contributed by atoms with Crippen LogP contribution in [-0.4, -0.2) is 62.2 Å². The van der Waals surface area contributed by atoms with Crippen molar-refractivity contribution in [3.8, 4) is 0 Å². The fourth-order valence-corrected chi connectivity index (χ4v) is 2.26. The average Bonchev–Trinajstić information content (AvgIpc) is 2.27. The Bertz CT molecular complexity index is 218. The summed E-state index contributed by atoms with van der Waals surface area (Å²) in [6.07, 6.45) is 2.68. The molecule has 0 aromatic rings. The molecule has 0 amide bonds. The molecule has 1 atom stereocenters. The topological polar surface area (TPSA) is 18.5 Å². The number of likely N-dealkylation sites (N-methyl/N-ethyl adjacent to an activating group) is 1. The highest BCUT2D eigenvalue weighted by molar-refractivity contribution is 4.84. The zero-order valence-electron chi connectivity index (χ0n) is 12.6. The molecule has 1 aliphatic heterocycles. The van der Waals surface area contributed by atoms with Crippen molar-refractivity contribution < 1.29 is 0 Å². The van der Waals surface area contributed by atoms with Crippen LogP contribution in [0.1, 0.15) is 33.6 Å². The highest BCUT2D eigenvalue weighted by atomic mass is 15.2. The Balaban J connectivity index is 2.32. The van der Waals surface area contributed by atoms with Crippen molar-refractivity contribution in [2.24, 2.45) is 5.92 Å². The summed E-state index contributed by atoms with van der Waals surface area (Å²) in [5.41, 5.74) is 0.236. The van der Waals surface area contributed by atoms with Crippen LogP contribution in [-0.2, 0) is 0 Å². The molecule has 1 N–H and O–H groups in total. The largest absolute Gasteiger partial charge is 0.312 e. The second-order valence-electron chi connectivity index (χ2n) is 6.52. The van der Waals surface area contributed by atoms with E-state index in [9.17, 15) is 0 Å². The van der Waals surface area contributed by atoms with Crippen LogP contribution in [0.4, 0.5) is 0 Å². The highest BCUT2D eigenvalue weighted by Gasteiger charge is 2.25. The van der Waals surface area contributed by atoms with Crippen molar-refractivity contribution in [3.63, 3.8) is 0 Å². The quantitative estimate of drug-likeness (QED) is 0.789. The van der Waals surface area contributed by atoms with Crippen molar-refractivity contribution in [2.75, 3.05) is 40.8 Å². The number of nitrogens with zero attached hydrogens (tertiary/aromatic N) is 2. The summed E-state index contributed by atoms with van der Waals surface area (Å²) in [7, 11) is 6.54. The van der Waals surface area contributed by atoms with Crippen LogP contribution in [0, 0.1) is 5.92 Å². The van der Waals surface area contributed by atoms with Gasteiger partial charge in [-0.25, -0.2) is 0 Å². The maximum absolute atomic E-state index is 3.73. The summed E-state index contributed by atoms with van der Waals surface area (Å²) in [4.78, 5) is 4.73. The van der Waals surface area contributed by atoms with Crippen LogP contribution in [0.3, 0.4) is 0 Å². The number of piperidine rings is 1. The third kappa shape index (κ3) is 4.57. The number of rotatable bonds is 5. The number of hydrogen-bond donors (Lipinski definition) is 1. The SMILES string of the molecule is CC(NCC(C)(C)N(C)C)C1CCN(C)CC1.